The Morgan fingerprint density at radius 1 is 1.50 bits per heavy atom. The van der Waals surface area contributed by atoms with Crippen LogP contribution in [0.2, 0.25) is 0 Å². The molecule has 2 aromatic rings. The minimum Gasteiger partial charge on any atom is -0.442 e. The molecule has 0 aliphatic heterocycles. The molecule has 1 aromatic carbocycles. The second-order valence-corrected chi connectivity index (χ2v) is 4.08. The molecule has 0 N–H and O–H groups in total. The first kappa shape index (κ1) is 11.0. The van der Waals surface area contributed by atoms with Gasteiger partial charge in [-0.15, -0.1) is 0 Å². The number of hydrogen-bond donors (Lipinski definition) is 0. The van der Waals surface area contributed by atoms with E-state index in [9.17, 15) is 9.18 Å². The summed E-state index contributed by atoms with van der Waals surface area (Å²) in [7, 11) is 0. The van der Waals surface area contributed by atoms with Crippen molar-refractivity contribution in [2.24, 2.45) is 0 Å². The van der Waals surface area contributed by atoms with Crippen molar-refractivity contribution in [2.75, 3.05) is 0 Å². The normalized spacial score (nSPS) is 10.4. The van der Waals surface area contributed by atoms with E-state index >= 15 is 0 Å². The number of hydrogen-bond acceptors (Lipinski definition) is 3. The molecule has 0 radical (unpaired) electrons. The molecule has 16 heavy (non-hydrogen) atoms. The highest BCUT2D eigenvalue weighted by Crippen LogP contribution is 2.24. The monoisotopic (exact) mass is 283 g/mol. The summed E-state index contributed by atoms with van der Waals surface area (Å²) in [6, 6.07) is 4.47. The topological polar surface area (TPSA) is 43.1 Å². The smallest absolute Gasteiger partial charge is 0.263 e. The number of ketones is 1. The number of aromatic nitrogens is 1. The maximum atomic E-state index is 13.0. The standard InChI is InChI=1S/C11H7BrFNO2/c1-6(15)11-14-10(5-16-11)7-2-3-9(13)8(12)4-7/h2-5H,1H3. The molecule has 0 saturated heterocycles. The Kier molecular flexibility index (Phi) is 2.87. The summed E-state index contributed by atoms with van der Waals surface area (Å²) in [6.07, 6.45) is 1.37. The van der Waals surface area contributed by atoms with Crippen LogP contribution in [0.15, 0.2) is 33.4 Å². The molecule has 2 rings (SSSR count). The highest BCUT2D eigenvalue weighted by Gasteiger charge is 2.10. The number of nitrogens with zero attached hydrogens (tertiary/aromatic N) is 1. The lowest BCUT2D eigenvalue weighted by Crippen LogP contribution is -1.91. The summed E-state index contributed by atoms with van der Waals surface area (Å²) in [5, 5.41) is 0. The first-order valence-corrected chi connectivity index (χ1v) is 5.29. The average Bonchev–Trinajstić information content (AvgIpc) is 2.71. The van der Waals surface area contributed by atoms with Crippen LogP contribution in [0.25, 0.3) is 11.3 Å². The summed E-state index contributed by atoms with van der Waals surface area (Å²) < 4.78 is 18.3. The summed E-state index contributed by atoms with van der Waals surface area (Å²) >= 11 is 3.08. The van der Waals surface area contributed by atoms with Crippen LogP contribution in [0.5, 0.6) is 0 Å². The summed E-state index contributed by atoms with van der Waals surface area (Å²) in [5.41, 5.74) is 1.19. The molecule has 0 unspecified atom stereocenters. The lowest BCUT2D eigenvalue weighted by molar-refractivity contribution is 0.0981. The van der Waals surface area contributed by atoms with E-state index in [0.29, 0.717) is 15.7 Å². The molecule has 82 valence electrons. The number of carbonyl (C=O) groups is 1. The van der Waals surface area contributed by atoms with Gasteiger partial charge >= 0.3 is 0 Å². The van der Waals surface area contributed by atoms with Crippen LogP contribution in [0.4, 0.5) is 4.39 Å². The van der Waals surface area contributed by atoms with Gasteiger partial charge in [0.05, 0.1) is 4.47 Å². The predicted molar refractivity (Wildman–Crippen MR) is 59.6 cm³/mol. The Balaban J connectivity index is 2.42. The van der Waals surface area contributed by atoms with Crippen molar-refractivity contribution in [1.29, 1.82) is 0 Å². The van der Waals surface area contributed by atoms with Gasteiger partial charge in [-0.05, 0) is 34.1 Å². The second kappa shape index (κ2) is 4.17. The van der Waals surface area contributed by atoms with Gasteiger partial charge in [0.1, 0.15) is 17.8 Å². The Labute approximate surface area is 99.4 Å². The van der Waals surface area contributed by atoms with Gasteiger partial charge in [-0.3, -0.25) is 4.79 Å². The van der Waals surface area contributed by atoms with Crippen molar-refractivity contribution in [3.05, 3.63) is 40.6 Å². The molecule has 0 fully saturated rings. The van der Waals surface area contributed by atoms with Gasteiger partial charge in [-0.1, -0.05) is 0 Å². The number of benzene rings is 1. The summed E-state index contributed by atoms with van der Waals surface area (Å²) in [5.74, 6) is -0.540. The minimum atomic E-state index is -0.348. The first-order chi connectivity index (χ1) is 7.58. The number of rotatable bonds is 2. The molecular weight excluding hydrogens is 277 g/mol. The fourth-order valence-electron chi connectivity index (χ4n) is 1.22. The zero-order valence-electron chi connectivity index (χ0n) is 8.33. The highest BCUT2D eigenvalue weighted by molar-refractivity contribution is 9.10. The molecule has 5 heteroatoms. The maximum absolute atomic E-state index is 13.0. The van der Waals surface area contributed by atoms with Gasteiger partial charge in [0, 0.05) is 12.5 Å². The van der Waals surface area contributed by atoms with Crippen LogP contribution in [0.3, 0.4) is 0 Å². The molecule has 0 spiro atoms. The molecule has 0 amide bonds. The van der Waals surface area contributed by atoms with Crippen LogP contribution < -0.4 is 0 Å². The fraction of sp³-hybridized carbons (Fsp3) is 0.0909. The lowest BCUT2D eigenvalue weighted by atomic mass is 10.2. The fourth-order valence-corrected chi connectivity index (χ4v) is 1.60. The third kappa shape index (κ3) is 2.04. The lowest BCUT2D eigenvalue weighted by Gasteiger charge is -1.97. The van der Waals surface area contributed by atoms with E-state index in [1.165, 1.54) is 19.3 Å². The van der Waals surface area contributed by atoms with Crippen LogP contribution in [0.1, 0.15) is 17.6 Å². The highest BCUT2D eigenvalue weighted by atomic mass is 79.9. The summed E-state index contributed by atoms with van der Waals surface area (Å²) in [4.78, 5) is 15.0. The van der Waals surface area contributed by atoms with E-state index in [-0.39, 0.29) is 17.5 Å². The molecule has 0 aliphatic carbocycles. The van der Waals surface area contributed by atoms with Crippen molar-refractivity contribution in [1.82, 2.24) is 4.98 Å². The quantitative estimate of drug-likeness (QED) is 0.793. The molecule has 0 atom stereocenters. The second-order valence-electron chi connectivity index (χ2n) is 3.22. The number of halogens is 2. The van der Waals surface area contributed by atoms with E-state index in [1.807, 2.05) is 0 Å². The Bertz CT molecular complexity index is 551. The number of Topliss-reactive ketones (excluding diaryl/α,β-unsaturated/α-hetero) is 1. The van der Waals surface area contributed by atoms with E-state index in [2.05, 4.69) is 20.9 Å². The van der Waals surface area contributed by atoms with Gasteiger partial charge in [0.15, 0.2) is 0 Å². The van der Waals surface area contributed by atoms with Crippen molar-refractivity contribution in [3.8, 4) is 11.3 Å². The van der Waals surface area contributed by atoms with E-state index < -0.39 is 0 Å². The molecule has 1 heterocycles. The average molecular weight is 284 g/mol. The molecule has 0 saturated carbocycles. The summed E-state index contributed by atoms with van der Waals surface area (Å²) in [6.45, 7) is 1.37. The van der Waals surface area contributed by atoms with Crippen molar-refractivity contribution < 1.29 is 13.6 Å². The van der Waals surface area contributed by atoms with Crippen LogP contribution in [-0.2, 0) is 0 Å². The SMILES string of the molecule is CC(=O)c1nc(-c2ccc(F)c(Br)c2)co1. The predicted octanol–water partition coefficient (Wildman–Crippen LogP) is 3.45. The van der Waals surface area contributed by atoms with Gasteiger partial charge in [-0.25, -0.2) is 9.37 Å². The van der Waals surface area contributed by atoms with E-state index in [4.69, 9.17) is 4.42 Å². The maximum Gasteiger partial charge on any atom is 0.263 e. The third-order valence-corrected chi connectivity index (χ3v) is 2.63. The first-order valence-electron chi connectivity index (χ1n) is 4.50. The van der Waals surface area contributed by atoms with Gasteiger partial charge in [-0.2, -0.15) is 0 Å². The number of oxazole rings is 1. The van der Waals surface area contributed by atoms with Crippen molar-refractivity contribution in [3.63, 3.8) is 0 Å². The largest absolute Gasteiger partial charge is 0.442 e. The van der Waals surface area contributed by atoms with Gasteiger partial charge in [0.25, 0.3) is 5.89 Å². The van der Waals surface area contributed by atoms with Crippen LogP contribution >= 0.6 is 15.9 Å². The zero-order valence-corrected chi connectivity index (χ0v) is 9.92. The van der Waals surface area contributed by atoms with Crippen molar-refractivity contribution >= 4 is 21.7 Å². The van der Waals surface area contributed by atoms with Crippen LogP contribution in [0, 0.1) is 5.82 Å². The van der Waals surface area contributed by atoms with E-state index in [1.54, 1.807) is 12.1 Å². The Morgan fingerprint density at radius 2 is 2.25 bits per heavy atom. The Hall–Kier alpha value is -1.49. The number of carbonyl (C=O) groups excluding carboxylic acids is 1. The third-order valence-electron chi connectivity index (χ3n) is 2.02. The van der Waals surface area contributed by atoms with Crippen molar-refractivity contribution in [2.45, 2.75) is 6.92 Å². The molecule has 1 aromatic heterocycles. The molecule has 0 aliphatic rings. The Morgan fingerprint density at radius 3 is 2.81 bits per heavy atom. The van der Waals surface area contributed by atoms with Gasteiger partial charge < -0.3 is 4.42 Å². The molecule has 3 nitrogen and oxygen atoms in total. The molecular formula is C11H7BrFNO2. The molecule has 0 bridgehead atoms. The van der Waals surface area contributed by atoms with Crippen LogP contribution in [-0.4, -0.2) is 10.8 Å². The van der Waals surface area contributed by atoms with Gasteiger partial charge in [0.2, 0.25) is 5.78 Å². The van der Waals surface area contributed by atoms with E-state index in [0.717, 1.165) is 0 Å². The zero-order chi connectivity index (χ0) is 11.7. The minimum absolute atomic E-state index is 0.0513.